The summed E-state index contributed by atoms with van der Waals surface area (Å²) >= 11 is 0. The van der Waals surface area contributed by atoms with Crippen LogP contribution in [-0.4, -0.2) is 43.0 Å². The minimum absolute atomic E-state index is 0.196. The van der Waals surface area contributed by atoms with Gasteiger partial charge in [-0.2, -0.15) is 0 Å². The van der Waals surface area contributed by atoms with Crippen LogP contribution in [0.25, 0.3) is 0 Å². The molecule has 2 amide bonds. The summed E-state index contributed by atoms with van der Waals surface area (Å²) in [7, 11) is 3.68. The van der Waals surface area contributed by atoms with Crippen LogP contribution in [0, 0.1) is 11.8 Å². The van der Waals surface area contributed by atoms with Crippen LogP contribution in [0.2, 0.25) is 0 Å². The van der Waals surface area contributed by atoms with Crippen LogP contribution in [0.4, 0.5) is 4.79 Å². The molecule has 2 bridgehead atoms. The molecular formula is C11H20N2O. The molecule has 1 heterocycles. The number of carbonyl (C=O) groups is 1. The van der Waals surface area contributed by atoms with Gasteiger partial charge in [-0.25, -0.2) is 4.79 Å². The molecule has 2 aliphatic rings. The fourth-order valence-electron chi connectivity index (χ4n) is 2.87. The Kier molecular flexibility index (Phi) is 2.66. The Labute approximate surface area is 86.1 Å². The first kappa shape index (κ1) is 9.81. The standard InChI is InChI=1S/C11H20N2O/c1-12(2)11(14)13-7-9-4-3-5-10(6-9)8-13/h9-10H,3-8H2,1-2H3. The third-order valence-corrected chi connectivity index (χ3v) is 3.50. The lowest BCUT2D eigenvalue weighted by molar-refractivity contribution is 0.0904. The molecule has 2 rings (SSSR count). The second-order valence-corrected chi connectivity index (χ2v) is 4.98. The van der Waals surface area contributed by atoms with E-state index in [0.717, 1.165) is 24.9 Å². The average Bonchev–Trinajstić information content (AvgIpc) is 2.15. The molecule has 1 aliphatic heterocycles. The number of likely N-dealkylation sites (tertiary alicyclic amines) is 1. The molecule has 1 saturated heterocycles. The number of fused-ring (bicyclic) bond motifs is 2. The van der Waals surface area contributed by atoms with Gasteiger partial charge in [0.2, 0.25) is 0 Å². The van der Waals surface area contributed by atoms with Gasteiger partial charge >= 0.3 is 6.03 Å². The van der Waals surface area contributed by atoms with Crippen molar-refractivity contribution >= 4 is 6.03 Å². The Hall–Kier alpha value is -0.730. The zero-order valence-electron chi connectivity index (χ0n) is 9.20. The molecule has 0 aromatic heterocycles. The van der Waals surface area contributed by atoms with E-state index in [2.05, 4.69) is 0 Å². The maximum Gasteiger partial charge on any atom is 0.319 e. The van der Waals surface area contributed by atoms with Crippen molar-refractivity contribution in [1.29, 1.82) is 0 Å². The summed E-state index contributed by atoms with van der Waals surface area (Å²) in [6.45, 7) is 1.99. The summed E-state index contributed by atoms with van der Waals surface area (Å²) in [6.07, 6.45) is 5.39. The number of rotatable bonds is 0. The summed E-state index contributed by atoms with van der Waals surface area (Å²) in [5.41, 5.74) is 0. The molecule has 3 heteroatoms. The fraction of sp³-hybridized carbons (Fsp3) is 0.909. The van der Waals surface area contributed by atoms with Crippen molar-refractivity contribution in [3.8, 4) is 0 Å². The molecule has 1 aliphatic carbocycles. The Morgan fingerprint density at radius 3 is 2.29 bits per heavy atom. The predicted molar refractivity (Wildman–Crippen MR) is 56.1 cm³/mol. The molecule has 0 aromatic carbocycles. The molecule has 0 N–H and O–H groups in total. The highest BCUT2D eigenvalue weighted by Crippen LogP contribution is 2.34. The number of nitrogens with zero attached hydrogens (tertiary/aromatic N) is 2. The second kappa shape index (κ2) is 3.79. The monoisotopic (exact) mass is 196 g/mol. The van der Waals surface area contributed by atoms with Crippen molar-refractivity contribution in [2.24, 2.45) is 11.8 Å². The number of urea groups is 1. The molecule has 3 nitrogen and oxygen atoms in total. The van der Waals surface area contributed by atoms with Crippen molar-refractivity contribution in [1.82, 2.24) is 9.80 Å². The SMILES string of the molecule is CN(C)C(=O)N1CC2CCCC(C2)C1. The van der Waals surface area contributed by atoms with Gasteiger partial charge in [0.1, 0.15) is 0 Å². The van der Waals surface area contributed by atoms with Gasteiger partial charge in [-0.3, -0.25) is 0 Å². The first-order chi connectivity index (χ1) is 6.66. The predicted octanol–water partition coefficient (Wildman–Crippen LogP) is 1.79. The lowest BCUT2D eigenvalue weighted by Crippen LogP contribution is -2.49. The van der Waals surface area contributed by atoms with Crippen molar-refractivity contribution in [3.63, 3.8) is 0 Å². The molecule has 80 valence electrons. The van der Waals surface area contributed by atoms with E-state index >= 15 is 0 Å². The quantitative estimate of drug-likeness (QED) is 0.579. The van der Waals surface area contributed by atoms with Gasteiger partial charge in [-0.15, -0.1) is 0 Å². The lowest BCUT2D eigenvalue weighted by Gasteiger charge is -2.42. The highest BCUT2D eigenvalue weighted by atomic mass is 16.2. The Bertz CT molecular complexity index is 215. The third-order valence-electron chi connectivity index (χ3n) is 3.50. The van der Waals surface area contributed by atoms with E-state index in [1.54, 1.807) is 4.90 Å². The van der Waals surface area contributed by atoms with Gasteiger partial charge in [-0.1, -0.05) is 6.42 Å². The molecule has 2 atom stereocenters. The van der Waals surface area contributed by atoms with E-state index in [4.69, 9.17) is 0 Å². The molecule has 2 unspecified atom stereocenters. The maximum absolute atomic E-state index is 11.8. The zero-order chi connectivity index (χ0) is 10.1. The van der Waals surface area contributed by atoms with Crippen LogP contribution in [0.15, 0.2) is 0 Å². The van der Waals surface area contributed by atoms with E-state index in [1.165, 1.54) is 25.7 Å². The molecular weight excluding hydrogens is 176 g/mol. The van der Waals surface area contributed by atoms with E-state index in [-0.39, 0.29) is 6.03 Å². The number of amides is 2. The number of carbonyl (C=O) groups excluding carboxylic acids is 1. The number of piperidine rings is 1. The minimum Gasteiger partial charge on any atom is -0.331 e. The minimum atomic E-state index is 0.196. The molecule has 1 saturated carbocycles. The van der Waals surface area contributed by atoms with Gasteiger partial charge in [0.05, 0.1) is 0 Å². The zero-order valence-corrected chi connectivity index (χ0v) is 9.20. The van der Waals surface area contributed by atoms with Gasteiger partial charge in [-0.05, 0) is 31.1 Å². The maximum atomic E-state index is 11.8. The fourth-order valence-corrected chi connectivity index (χ4v) is 2.87. The average molecular weight is 196 g/mol. The van der Waals surface area contributed by atoms with Gasteiger partial charge in [0, 0.05) is 27.2 Å². The van der Waals surface area contributed by atoms with E-state index in [1.807, 2.05) is 19.0 Å². The van der Waals surface area contributed by atoms with Crippen LogP contribution in [0.3, 0.4) is 0 Å². The number of hydrogen-bond donors (Lipinski definition) is 0. The Morgan fingerprint density at radius 1 is 1.21 bits per heavy atom. The summed E-state index contributed by atoms with van der Waals surface area (Å²) in [5.74, 6) is 1.57. The van der Waals surface area contributed by atoms with Gasteiger partial charge in [0.25, 0.3) is 0 Å². The molecule has 14 heavy (non-hydrogen) atoms. The van der Waals surface area contributed by atoms with Crippen molar-refractivity contribution in [2.75, 3.05) is 27.2 Å². The molecule has 0 spiro atoms. The third kappa shape index (κ3) is 1.86. The summed E-state index contributed by atoms with van der Waals surface area (Å²) in [4.78, 5) is 15.5. The highest BCUT2D eigenvalue weighted by Gasteiger charge is 2.32. The van der Waals surface area contributed by atoms with Crippen LogP contribution in [0.1, 0.15) is 25.7 Å². The summed E-state index contributed by atoms with van der Waals surface area (Å²) < 4.78 is 0. The summed E-state index contributed by atoms with van der Waals surface area (Å²) in [5, 5.41) is 0. The van der Waals surface area contributed by atoms with Gasteiger partial charge < -0.3 is 9.80 Å². The van der Waals surface area contributed by atoms with Crippen LogP contribution in [-0.2, 0) is 0 Å². The van der Waals surface area contributed by atoms with E-state index in [9.17, 15) is 4.79 Å². The second-order valence-electron chi connectivity index (χ2n) is 4.98. The Balaban J connectivity index is 1.98. The van der Waals surface area contributed by atoms with Gasteiger partial charge in [0.15, 0.2) is 0 Å². The smallest absolute Gasteiger partial charge is 0.319 e. The Morgan fingerprint density at radius 2 is 1.79 bits per heavy atom. The summed E-state index contributed by atoms with van der Waals surface area (Å²) in [6, 6.07) is 0.196. The topological polar surface area (TPSA) is 23.6 Å². The molecule has 2 fully saturated rings. The number of hydrogen-bond acceptors (Lipinski definition) is 1. The largest absolute Gasteiger partial charge is 0.331 e. The highest BCUT2D eigenvalue weighted by molar-refractivity contribution is 5.73. The van der Waals surface area contributed by atoms with E-state index in [0.29, 0.717) is 0 Å². The van der Waals surface area contributed by atoms with Crippen LogP contribution < -0.4 is 0 Å². The van der Waals surface area contributed by atoms with E-state index < -0.39 is 0 Å². The first-order valence-corrected chi connectivity index (χ1v) is 5.63. The van der Waals surface area contributed by atoms with Crippen molar-refractivity contribution in [2.45, 2.75) is 25.7 Å². The normalized spacial score (nSPS) is 31.4. The van der Waals surface area contributed by atoms with Crippen LogP contribution in [0.5, 0.6) is 0 Å². The molecule has 0 aromatic rings. The van der Waals surface area contributed by atoms with Crippen LogP contribution >= 0.6 is 0 Å². The van der Waals surface area contributed by atoms with Crippen molar-refractivity contribution < 1.29 is 4.79 Å². The molecule has 0 radical (unpaired) electrons. The first-order valence-electron chi connectivity index (χ1n) is 5.63. The lowest BCUT2D eigenvalue weighted by atomic mass is 9.78. The van der Waals surface area contributed by atoms with Crippen molar-refractivity contribution in [3.05, 3.63) is 0 Å².